The number of benzene rings is 1. The molecule has 0 amide bonds. The van der Waals surface area contributed by atoms with Crippen molar-refractivity contribution in [1.29, 1.82) is 0 Å². The molecule has 3 N–H and O–H groups in total. The fourth-order valence-electron chi connectivity index (χ4n) is 1.55. The van der Waals surface area contributed by atoms with Gasteiger partial charge in [-0.05, 0) is 29.3 Å². The van der Waals surface area contributed by atoms with E-state index in [1.807, 2.05) is 0 Å². The zero-order chi connectivity index (χ0) is 10.8. The highest BCUT2D eigenvalue weighted by Gasteiger charge is 2.04. The maximum atomic E-state index is 9.25. The third kappa shape index (κ3) is 1.77. The molecule has 0 atom stereocenters. The number of hydrogen-bond acceptors (Lipinski definition) is 4. The molecule has 0 aliphatic carbocycles. The van der Waals surface area contributed by atoms with Crippen LogP contribution in [0.15, 0.2) is 24.4 Å². The smallest absolute Gasteiger partial charge is 0.134 e. The first-order valence-corrected chi connectivity index (χ1v) is 4.57. The van der Waals surface area contributed by atoms with Crippen molar-refractivity contribution in [3.8, 4) is 5.75 Å². The van der Waals surface area contributed by atoms with E-state index in [1.165, 1.54) is 6.20 Å². The Balaban J connectivity index is 2.69. The van der Waals surface area contributed by atoms with Crippen LogP contribution in [0, 0.1) is 0 Å². The molecule has 15 heavy (non-hydrogen) atoms. The van der Waals surface area contributed by atoms with Crippen LogP contribution in [0.4, 0.5) is 0 Å². The number of pyridine rings is 1. The second-order valence-electron chi connectivity index (χ2n) is 3.32. The lowest BCUT2D eigenvalue weighted by Crippen LogP contribution is -1.94. The van der Waals surface area contributed by atoms with Gasteiger partial charge < -0.3 is 15.3 Å². The zero-order valence-corrected chi connectivity index (χ0v) is 8.01. The number of aromatic nitrogens is 1. The second kappa shape index (κ2) is 3.84. The van der Waals surface area contributed by atoms with Crippen molar-refractivity contribution in [3.05, 3.63) is 35.5 Å². The number of nitrogens with zero attached hydrogens (tertiary/aromatic N) is 1. The van der Waals surface area contributed by atoms with E-state index in [4.69, 9.17) is 10.2 Å². The van der Waals surface area contributed by atoms with E-state index in [-0.39, 0.29) is 19.0 Å². The molecule has 1 aromatic carbocycles. The van der Waals surface area contributed by atoms with Crippen LogP contribution in [-0.4, -0.2) is 20.3 Å². The number of rotatable bonds is 2. The lowest BCUT2D eigenvalue weighted by Gasteiger charge is -2.06. The molecule has 2 rings (SSSR count). The van der Waals surface area contributed by atoms with Crippen molar-refractivity contribution in [2.24, 2.45) is 0 Å². The normalized spacial score (nSPS) is 10.8. The summed E-state index contributed by atoms with van der Waals surface area (Å²) in [7, 11) is 0. The molecule has 0 radical (unpaired) electrons. The van der Waals surface area contributed by atoms with Crippen LogP contribution >= 0.6 is 0 Å². The molecule has 0 fully saturated rings. The third-order valence-electron chi connectivity index (χ3n) is 2.33. The van der Waals surface area contributed by atoms with Crippen LogP contribution in [0.5, 0.6) is 5.75 Å². The number of aliphatic hydroxyl groups is 2. The van der Waals surface area contributed by atoms with Gasteiger partial charge in [-0.2, -0.15) is 0 Å². The third-order valence-corrected chi connectivity index (χ3v) is 2.33. The van der Waals surface area contributed by atoms with Gasteiger partial charge in [0.1, 0.15) is 5.75 Å². The highest BCUT2D eigenvalue weighted by atomic mass is 16.3. The average Bonchev–Trinajstić information content (AvgIpc) is 2.27. The summed E-state index contributed by atoms with van der Waals surface area (Å²) in [5, 5.41) is 28.2. The van der Waals surface area contributed by atoms with E-state index < -0.39 is 0 Å². The number of aliphatic hydroxyl groups excluding tert-OH is 2. The van der Waals surface area contributed by atoms with Gasteiger partial charge in [-0.15, -0.1) is 0 Å². The Hall–Kier alpha value is -1.65. The molecule has 0 saturated heterocycles. The van der Waals surface area contributed by atoms with E-state index in [9.17, 15) is 5.11 Å². The molecule has 1 heterocycles. The fraction of sp³-hybridized carbons (Fsp3) is 0.182. The van der Waals surface area contributed by atoms with Crippen LogP contribution in [0.2, 0.25) is 0 Å². The summed E-state index contributed by atoms with van der Waals surface area (Å²) < 4.78 is 0. The van der Waals surface area contributed by atoms with E-state index in [2.05, 4.69) is 4.98 Å². The van der Waals surface area contributed by atoms with E-state index in [0.29, 0.717) is 16.6 Å². The van der Waals surface area contributed by atoms with Gasteiger partial charge in [0.2, 0.25) is 0 Å². The minimum atomic E-state index is -0.137. The van der Waals surface area contributed by atoms with Gasteiger partial charge in [-0.1, -0.05) is 0 Å². The van der Waals surface area contributed by atoms with Gasteiger partial charge in [0.05, 0.1) is 24.9 Å². The minimum Gasteiger partial charge on any atom is -0.506 e. The molecule has 78 valence electrons. The monoisotopic (exact) mass is 205 g/mol. The Kier molecular flexibility index (Phi) is 2.53. The van der Waals surface area contributed by atoms with Gasteiger partial charge in [0.25, 0.3) is 0 Å². The van der Waals surface area contributed by atoms with Crippen LogP contribution < -0.4 is 0 Å². The molecule has 4 heteroatoms. The lowest BCUT2D eigenvalue weighted by atomic mass is 10.0. The number of aromatic hydroxyl groups is 1. The summed E-state index contributed by atoms with van der Waals surface area (Å²) in [5.41, 5.74) is 2.00. The maximum Gasteiger partial charge on any atom is 0.134 e. The summed E-state index contributed by atoms with van der Waals surface area (Å²) >= 11 is 0. The van der Waals surface area contributed by atoms with Crippen molar-refractivity contribution >= 4 is 10.9 Å². The average molecular weight is 205 g/mol. The predicted molar refractivity (Wildman–Crippen MR) is 55.3 cm³/mol. The first kappa shape index (κ1) is 9.89. The summed E-state index contributed by atoms with van der Waals surface area (Å²) in [6.45, 7) is -0.268. The molecular weight excluding hydrogens is 194 g/mol. The molecule has 0 unspecified atom stereocenters. The molecule has 0 aliphatic rings. The van der Waals surface area contributed by atoms with Crippen LogP contribution in [0.1, 0.15) is 11.1 Å². The minimum absolute atomic E-state index is 0.0862. The van der Waals surface area contributed by atoms with Gasteiger partial charge in [-0.25, -0.2) is 0 Å². The SMILES string of the molecule is OCc1cc2cc(O)cnc2cc1CO. The molecule has 2 aromatic rings. The Morgan fingerprint density at radius 1 is 1.00 bits per heavy atom. The summed E-state index contributed by atoms with van der Waals surface area (Å²) in [6.07, 6.45) is 1.35. The molecular formula is C11H11NO3. The molecule has 4 nitrogen and oxygen atoms in total. The predicted octanol–water partition coefficient (Wildman–Crippen LogP) is 0.925. The van der Waals surface area contributed by atoms with Crippen molar-refractivity contribution in [2.75, 3.05) is 0 Å². The second-order valence-corrected chi connectivity index (χ2v) is 3.32. The maximum absolute atomic E-state index is 9.25. The highest BCUT2D eigenvalue weighted by molar-refractivity contribution is 5.81. The van der Waals surface area contributed by atoms with Crippen molar-refractivity contribution in [2.45, 2.75) is 13.2 Å². The Morgan fingerprint density at radius 2 is 1.67 bits per heavy atom. The van der Waals surface area contributed by atoms with Crippen LogP contribution in [0.3, 0.4) is 0 Å². The van der Waals surface area contributed by atoms with Gasteiger partial charge >= 0.3 is 0 Å². The van der Waals surface area contributed by atoms with Crippen molar-refractivity contribution in [3.63, 3.8) is 0 Å². The molecule has 0 spiro atoms. The van der Waals surface area contributed by atoms with Crippen molar-refractivity contribution < 1.29 is 15.3 Å². The number of fused-ring (bicyclic) bond motifs is 1. The first-order valence-electron chi connectivity index (χ1n) is 4.57. The summed E-state index contributed by atoms with van der Waals surface area (Å²) in [4.78, 5) is 4.02. The first-order chi connectivity index (χ1) is 7.24. The fourth-order valence-corrected chi connectivity index (χ4v) is 1.55. The standard InChI is InChI=1S/C11H11NO3/c13-5-8-1-7-2-10(15)4-12-11(7)3-9(8)6-14/h1-4,13-15H,5-6H2. The van der Waals surface area contributed by atoms with Gasteiger partial charge in [0, 0.05) is 5.39 Å². The quantitative estimate of drug-likeness (QED) is 0.681. The molecule has 1 aromatic heterocycles. The Labute approximate surface area is 86.4 Å². The molecule has 0 aliphatic heterocycles. The van der Waals surface area contributed by atoms with E-state index in [0.717, 1.165) is 5.39 Å². The van der Waals surface area contributed by atoms with E-state index in [1.54, 1.807) is 18.2 Å². The molecule has 0 saturated carbocycles. The van der Waals surface area contributed by atoms with Crippen molar-refractivity contribution in [1.82, 2.24) is 4.98 Å². The van der Waals surface area contributed by atoms with Crippen LogP contribution in [0.25, 0.3) is 10.9 Å². The van der Waals surface area contributed by atoms with Gasteiger partial charge in [0.15, 0.2) is 0 Å². The Bertz CT molecular complexity index is 496. The highest BCUT2D eigenvalue weighted by Crippen LogP contribution is 2.22. The Morgan fingerprint density at radius 3 is 2.33 bits per heavy atom. The summed E-state index contributed by atoms with van der Waals surface area (Å²) in [5.74, 6) is 0.0862. The lowest BCUT2D eigenvalue weighted by molar-refractivity contribution is 0.260. The largest absolute Gasteiger partial charge is 0.506 e. The topological polar surface area (TPSA) is 73.6 Å². The number of hydrogen-bond donors (Lipinski definition) is 3. The zero-order valence-electron chi connectivity index (χ0n) is 8.01. The van der Waals surface area contributed by atoms with Crippen LogP contribution in [-0.2, 0) is 13.2 Å². The van der Waals surface area contributed by atoms with E-state index >= 15 is 0 Å². The van der Waals surface area contributed by atoms with Gasteiger partial charge in [-0.3, -0.25) is 4.98 Å². The summed E-state index contributed by atoms with van der Waals surface area (Å²) in [6, 6.07) is 5.00. The molecule has 0 bridgehead atoms.